The minimum absolute atomic E-state index is 0.118. The van der Waals surface area contributed by atoms with Gasteiger partial charge >= 0.3 is 0 Å². The average Bonchev–Trinajstić information content (AvgIpc) is 2.89. The van der Waals surface area contributed by atoms with Crippen molar-refractivity contribution in [3.63, 3.8) is 0 Å². The van der Waals surface area contributed by atoms with Crippen molar-refractivity contribution in [3.8, 4) is 11.5 Å². The first-order valence-corrected chi connectivity index (χ1v) is 8.90. The van der Waals surface area contributed by atoms with Gasteiger partial charge in [-0.3, -0.25) is 0 Å². The summed E-state index contributed by atoms with van der Waals surface area (Å²) in [7, 11) is 1.59. The smallest absolute Gasteiger partial charge is 0.203 e. The lowest BCUT2D eigenvalue weighted by atomic mass is 10.0. The van der Waals surface area contributed by atoms with Crippen LogP contribution in [0.4, 0.5) is 0 Å². The summed E-state index contributed by atoms with van der Waals surface area (Å²) in [4.78, 5) is 3.13. The molecule has 3 unspecified atom stereocenters. The van der Waals surface area contributed by atoms with Gasteiger partial charge in [-0.2, -0.15) is 0 Å². The van der Waals surface area contributed by atoms with Crippen molar-refractivity contribution in [1.29, 1.82) is 0 Å². The van der Waals surface area contributed by atoms with Crippen molar-refractivity contribution in [3.05, 3.63) is 33.5 Å². The van der Waals surface area contributed by atoms with Crippen LogP contribution >= 0.6 is 31.9 Å². The van der Waals surface area contributed by atoms with Gasteiger partial charge in [0.25, 0.3) is 0 Å². The highest BCUT2D eigenvalue weighted by atomic mass is 79.9. The number of nitrogens with one attached hydrogen (secondary N) is 1. The highest BCUT2D eigenvalue weighted by Crippen LogP contribution is 2.43. The molecule has 0 radical (unpaired) electrons. The molecule has 3 atom stereocenters. The van der Waals surface area contributed by atoms with E-state index >= 15 is 0 Å². The van der Waals surface area contributed by atoms with E-state index in [2.05, 4.69) is 43.4 Å². The van der Waals surface area contributed by atoms with Gasteiger partial charge in [0, 0.05) is 19.0 Å². The van der Waals surface area contributed by atoms with Crippen LogP contribution in [0, 0.1) is 0 Å². The van der Waals surface area contributed by atoms with Crippen molar-refractivity contribution < 1.29 is 24.4 Å². The molecule has 6 nitrogen and oxygen atoms in total. The number of benzene rings is 1. The molecular formula is C16H17Br2NO5. The molecule has 8 heteroatoms. The zero-order valence-electron chi connectivity index (χ0n) is 12.9. The molecule has 3 N–H and O–H groups in total. The number of rotatable bonds is 4. The standard InChI is InChI=1S/C16H17Br2NO5/c1-7(20)11-3-8(21)4-13(23-11)24-12-6-19-10-5-9(17)16(22-2)15(18)14(10)12/h5-6,8,11,13,19-21H,1,3-4H2,2H3. The molecule has 1 saturated heterocycles. The summed E-state index contributed by atoms with van der Waals surface area (Å²) in [5, 5.41) is 20.3. The number of hydrogen-bond acceptors (Lipinski definition) is 5. The Morgan fingerprint density at radius 2 is 2.17 bits per heavy atom. The zero-order chi connectivity index (χ0) is 17.4. The highest BCUT2D eigenvalue weighted by molar-refractivity contribution is 9.11. The van der Waals surface area contributed by atoms with Crippen molar-refractivity contribution in [2.75, 3.05) is 7.11 Å². The van der Waals surface area contributed by atoms with Gasteiger partial charge in [-0.15, -0.1) is 0 Å². The van der Waals surface area contributed by atoms with Crippen molar-refractivity contribution >= 4 is 42.8 Å². The van der Waals surface area contributed by atoms with E-state index in [9.17, 15) is 10.2 Å². The lowest BCUT2D eigenvalue weighted by molar-refractivity contribution is -0.171. The number of aliphatic hydroxyl groups is 2. The zero-order valence-corrected chi connectivity index (χ0v) is 16.1. The molecule has 0 aliphatic carbocycles. The van der Waals surface area contributed by atoms with Gasteiger partial charge in [-0.1, -0.05) is 6.58 Å². The van der Waals surface area contributed by atoms with Crippen LogP contribution in [-0.4, -0.2) is 40.8 Å². The van der Waals surface area contributed by atoms with Crippen LogP contribution < -0.4 is 9.47 Å². The summed E-state index contributed by atoms with van der Waals surface area (Å²) >= 11 is 6.99. The molecule has 0 bridgehead atoms. The van der Waals surface area contributed by atoms with Gasteiger partial charge < -0.3 is 29.4 Å². The van der Waals surface area contributed by atoms with Crippen LogP contribution in [0.2, 0.25) is 0 Å². The van der Waals surface area contributed by atoms with Crippen LogP contribution in [0.25, 0.3) is 10.9 Å². The van der Waals surface area contributed by atoms with Crippen LogP contribution in [0.3, 0.4) is 0 Å². The Balaban J connectivity index is 1.91. The number of hydrogen-bond donors (Lipinski definition) is 3. The number of aromatic amines is 1. The molecule has 2 heterocycles. The molecule has 1 aliphatic rings. The van der Waals surface area contributed by atoms with Gasteiger partial charge in [0.15, 0.2) is 0 Å². The molecule has 1 aromatic carbocycles. The Labute approximate surface area is 155 Å². The summed E-state index contributed by atoms with van der Waals surface area (Å²) in [5.74, 6) is 1.09. The summed E-state index contributed by atoms with van der Waals surface area (Å²) in [5.41, 5.74) is 0.851. The van der Waals surface area contributed by atoms with Crippen molar-refractivity contribution in [2.24, 2.45) is 0 Å². The predicted molar refractivity (Wildman–Crippen MR) is 96.5 cm³/mol. The number of ether oxygens (including phenoxy) is 3. The van der Waals surface area contributed by atoms with E-state index in [4.69, 9.17) is 14.2 Å². The van der Waals surface area contributed by atoms with Gasteiger partial charge in [-0.25, -0.2) is 0 Å². The normalized spacial score (nSPS) is 24.1. The van der Waals surface area contributed by atoms with Crippen LogP contribution in [-0.2, 0) is 4.74 Å². The van der Waals surface area contributed by atoms with Crippen molar-refractivity contribution in [2.45, 2.75) is 31.3 Å². The molecule has 1 aliphatic heterocycles. The maximum Gasteiger partial charge on any atom is 0.203 e. The molecule has 0 spiro atoms. The second kappa shape index (κ2) is 6.95. The quantitative estimate of drug-likeness (QED) is 0.597. The molecule has 24 heavy (non-hydrogen) atoms. The molecule has 3 rings (SSSR count). The van der Waals surface area contributed by atoms with E-state index in [1.165, 1.54) is 0 Å². The van der Waals surface area contributed by atoms with E-state index in [1.54, 1.807) is 13.3 Å². The predicted octanol–water partition coefficient (Wildman–Crippen LogP) is 4.02. The van der Waals surface area contributed by atoms with E-state index < -0.39 is 18.5 Å². The van der Waals surface area contributed by atoms with E-state index in [0.717, 1.165) is 19.8 Å². The lowest BCUT2D eigenvalue weighted by Gasteiger charge is -2.32. The lowest BCUT2D eigenvalue weighted by Crippen LogP contribution is -2.39. The fraction of sp³-hybridized carbons (Fsp3) is 0.375. The van der Waals surface area contributed by atoms with Crippen LogP contribution in [0.15, 0.2) is 33.5 Å². The highest BCUT2D eigenvalue weighted by Gasteiger charge is 2.32. The van der Waals surface area contributed by atoms with Gasteiger partial charge in [0.05, 0.1) is 33.1 Å². The number of H-pyrrole nitrogens is 1. The largest absolute Gasteiger partial charge is 0.510 e. The summed E-state index contributed by atoms with van der Waals surface area (Å²) in [6.45, 7) is 3.47. The third-order valence-electron chi connectivity index (χ3n) is 3.88. The summed E-state index contributed by atoms with van der Waals surface area (Å²) in [6, 6.07) is 1.89. The molecular weight excluding hydrogens is 446 g/mol. The van der Waals surface area contributed by atoms with E-state index in [0.29, 0.717) is 24.3 Å². The maximum absolute atomic E-state index is 9.96. The van der Waals surface area contributed by atoms with E-state index in [-0.39, 0.29) is 5.76 Å². The maximum atomic E-state index is 9.96. The second-order valence-electron chi connectivity index (χ2n) is 5.57. The van der Waals surface area contributed by atoms with Gasteiger partial charge in [0.1, 0.15) is 23.4 Å². The first-order valence-electron chi connectivity index (χ1n) is 7.31. The Morgan fingerprint density at radius 3 is 2.83 bits per heavy atom. The fourth-order valence-electron chi connectivity index (χ4n) is 2.74. The Hall–Kier alpha value is -1.22. The monoisotopic (exact) mass is 461 g/mol. The molecule has 0 amide bonds. The fourth-order valence-corrected chi connectivity index (χ4v) is 4.38. The Morgan fingerprint density at radius 1 is 1.42 bits per heavy atom. The van der Waals surface area contributed by atoms with Gasteiger partial charge in [-0.05, 0) is 37.9 Å². The molecule has 0 saturated carbocycles. The summed E-state index contributed by atoms with van der Waals surface area (Å²) in [6.07, 6.45) is 0.359. The first-order chi connectivity index (χ1) is 11.4. The number of aromatic nitrogens is 1. The first kappa shape index (κ1) is 17.6. The number of methoxy groups -OCH3 is 1. The molecule has 2 aromatic rings. The SMILES string of the molecule is C=C(O)C1CC(O)CC(Oc2c[nH]c3cc(Br)c(OC)c(Br)c23)O1. The third kappa shape index (κ3) is 3.28. The van der Waals surface area contributed by atoms with Crippen LogP contribution in [0.1, 0.15) is 12.8 Å². The topological polar surface area (TPSA) is 83.9 Å². The number of halogens is 2. The second-order valence-corrected chi connectivity index (χ2v) is 7.22. The van der Waals surface area contributed by atoms with Crippen molar-refractivity contribution in [1.82, 2.24) is 4.98 Å². The minimum atomic E-state index is -0.691. The molecule has 1 fully saturated rings. The van der Waals surface area contributed by atoms with E-state index in [1.807, 2.05) is 6.07 Å². The summed E-state index contributed by atoms with van der Waals surface area (Å²) < 4.78 is 18.5. The average molecular weight is 463 g/mol. The minimum Gasteiger partial charge on any atom is -0.510 e. The Kier molecular flexibility index (Phi) is 5.10. The molecule has 130 valence electrons. The Bertz CT molecular complexity index is 775. The molecule has 1 aromatic heterocycles. The van der Waals surface area contributed by atoms with Gasteiger partial charge in [0.2, 0.25) is 6.29 Å². The number of fused-ring (bicyclic) bond motifs is 1. The van der Waals surface area contributed by atoms with Crippen LogP contribution in [0.5, 0.6) is 11.5 Å². The number of aliphatic hydroxyl groups excluding tert-OH is 2. The third-order valence-corrected chi connectivity index (χ3v) is 5.23.